The topological polar surface area (TPSA) is 75.1 Å². The van der Waals surface area contributed by atoms with Gasteiger partial charge in [0.2, 0.25) is 0 Å². The Kier molecular flexibility index (Phi) is 9.95. The van der Waals surface area contributed by atoms with Crippen LogP contribution in [0.15, 0.2) is 47.5 Å². The second-order valence-electron chi connectivity index (χ2n) is 6.43. The first-order valence-corrected chi connectivity index (χ1v) is 9.77. The van der Waals surface area contributed by atoms with E-state index in [1.54, 1.807) is 19.2 Å². The number of benzene rings is 2. The molecule has 0 aliphatic rings. The summed E-state index contributed by atoms with van der Waals surface area (Å²) in [6.07, 6.45) is 0.863. The predicted octanol–water partition coefficient (Wildman–Crippen LogP) is 2.99. The molecule has 158 valence electrons. The van der Waals surface area contributed by atoms with Crippen LogP contribution in [0.4, 0.5) is 4.39 Å². The number of aliphatic imine (C=N–C) groups is 1. The van der Waals surface area contributed by atoms with Crippen molar-refractivity contribution in [2.75, 3.05) is 26.9 Å². The molecule has 2 rings (SSSR count). The molecule has 3 N–H and O–H groups in total. The Morgan fingerprint density at radius 1 is 1.10 bits per heavy atom. The summed E-state index contributed by atoms with van der Waals surface area (Å²) in [5, 5.41) is 15.8. The highest BCUT2D eigenvalue weighted by atomic mass is 19.1. The second kappa shape index (κ2) is 12.7. The molecule has 0 aromatic heterocycles. The summed E-state index contributed by atoms with van der Waals surface area (Å²) >= 11 is 0. The van der Waals surface area contributed by atoms with Crippen molar-refractivity contribution in [2.24, 2.45) is 4.99 Å². The zero-order chi connectivity index (χ0) is 20.9. The summed E-state index contributed by atoms with van der Waals surface area (Å²) < 4.78 is 24.1. The van der Waals surface area contributed by atoms with E-state index in [4.69, 9.17) is 9.47 Å². The maximum absolute atomic E-state index is 13.6. The number of aliphatic hydroxyl groups excluding tert-OH is 1. The van der Waals surface area contributed by atoms with Crippen molar-refractivity contribution >= 4 is 5.96 Å². The zero-order valence-electron chi connectivity index (χ0n) is 17.1. The van der Waals surface area contributed by atoms with Gasteiger partial charge in [0, 0.05) is 31.9 Å². The summed E-state index contributed by atoms with van der Waals surface area (Å²) in [5.41, 5.74) is 2.20. The molecule has 0 aliphatic heterocycles. The van der Waals surface area contributed by atoms with Crippen molar-refractivity contribution in [3.05, 3.63) is 65.0 Å². The summed E-state index contributed by atoms with van der Waals surface area (Å²) in [6, 6.07) is 12.5. The largest absolute Gasteiger partial charge is 0.497 e. The molecule has 0 aliphatic carbocycles. The molecular weight excluding hydrogens is 373 g/mol. The van der Waals surface area contributed by atoms with Crippen LogP contribution in [0.5, 0.6) is 5.75 Å². The molecule has 0 atom stereocenters. The number of nitrogens with zero attached hydrogens (tertiary/aromatic N) is 1. The molecule has 0 saturated heterocycles. The first kappa shape index (κ1) is 22.6. The molecular formula is C22H30FN3O3. The zero-order valence-corrected chi connectivity index (χ0v) is 17.1. The lowest BCUT2D eigenvalue weighted by Crippen LogP contribution is -2.37. The summed E-state index contributed by atoms with van der Waals surface area (Å²) in [7, 11) is 1.64. The number of methoxy groups -OCH3 is 1. The standard InChI is InChI=1S/C22H30FN3O3/c1-3-29-12-4-11-24-22(25-14-17-5-8-20(28-2)9-6-17)26-15-18-7-10-21(23)19(13-18)16-27/h5-10,13,27H,3-4,11-12,14-16H2,1-2H3,(H2,24,25,26). The fourth-order valence-electron chi connectivity index (χ4n) is 2.65. The Hall–Kier alpha value is -2.64. The first-order valence-electron chi connectivity index (χ1n) is 9.77. The van der Waals surface area contributed by atoms with Crippen LogP contribution >= 0.6 is 0 Å². The predicted molar refractivity (Wildman–Crippen MR) is 112 cm³/mol. The molecule has 0 amide bonds. The van der Waals surface area contributed by atoms with Crippen LogP contribution in [-0.4, -0.2) is 37.9 Å². The third-order valence-corrected chi connectivity index (χ3v) is 4.28. The number of nitrogens with one attached hydrogen (secondary N) is 2. The molecule has 0 heterocycles. The maximum atomic E-state index is 13.6. The SMILES string of the molecule is CCOCCCNC(=NCc1ccc(F)c(CO)c1)NCc1ccc(OC)cc1. The van der Waals surface area contributed by atoms with Gasteiger partial charge in [0.05, 0.1) is 20.3 Å². The van der Waals surface area contributed by atoms with Gasteiger partial charge in [0.25, 0.3) is 0 Å². The summed E-state index contributed by atoms with van der Waals surface area (Å²) in [5.74, 6) is 1.06. The Morgan fingerprint density at radius 3 is 2.55 bits per heavy atom. The lowest BCUT2D eigenvalue weighted by atomic mass is 10.1. The molecule has 29 heavy (non-hydrogen) atoms. The molecule has 0 fully saturated rings. The highest BCUT2D eigenvalue weighted by Gasteiger charge is 2.04. The van der Waals surface area contributed by atoms with Crippen LogP contribution in [0.1, 0.15) is 30.0 Å². The molecule has 0 saturated carbocycles. The monoisotopic (exact) mass is 403 g/mol. The quantitative estimate of drug-likeness (QED) is 0.306. The van der Waals surface area contributed by atoms with Crippen molar-refractivity contribution in [2.45, 2.75) is 33.0 Å². The number of hydrogen-bond donors (Lipinski definition) is 3. The van der Waals surface area contributed by atoms with Gasteiger partial charge in [-0.1, -0.05) is 18.2 Å². The van der Waals surface area contributed by atoms with Crippen molar-refractivity contribution in [1.82, 2.24) is 10.6 Å². The maximum Gasteiger partial charge on any atom is 0.191 e. The number of halogens is 1. The van der Waals surface area contributed by atoms with Gasteiger partial charge in [-0.15, -0.1) is 0 Å². The lowest BCUT2D eigenvalue weighted by molar-refractivity contribution is 0.145. The van der Waals surface area contributed by atoms with Gasteiger partial charge >= 0.3 is 0 Å². The Bertz CT molecular complexity index is 766. The normalized spacial score (nSPS) is 11.4. The minimum atomic E-state index is -0.410. The van der Waals surface area contributed by atoms with Crippen LogP contribution < -0.4 is 15.4 Å². The Balaban J connectivity index is 1.99. The van der Waals surface area contributed by atoms with Crippen molar-refractivity contribution in [1.29, 1.82) is 0 Å². The Morgan fingerprint density at radius 2 is 1.86 bits per heavy atom. The first-order chi connectivity index (χ1) is 14.2. The van der Waals surface area contributed by atoms with E-state index < -0.39 is 5.82 Å². The van der Waals surface area contributed by atoms with Crippen LogP contribution in [0, 0.1) is 5.82 Å². The molecule has 2 aromatic carbocycles. The van der Waals surface area contributed by atoms with E-state index >= 15 is 0 Å². The van der Waals surface area contributed by atoms with E-state index in [1.807, 2.05) is 31.2 Å². The Labute approximate surface area is 171 Å². The van der Waals surface area contributed by atoms with Gasteiger partial charge in [0.1, 0.15) is 11.6 Å². The third kappa shape index (κ3) is 8.09. The van der Waals surface area contributed by atoms with Gasteiger partial charge < -0.3 is 25.2 Å². The van der Waals surface area contributed by atoms with Crippen LogP contribution in [0.2, 0.25) is 0 Å². The fraction of sp³-hybridized carbons (Fsp3) is 0.409. The van der Waals surface area contributed by atoms with Crippen molar-refractivity contribution in [3.8, 4) is 5.75 Å². The van der Waals surface area contributed by atoms with Gasteiger partial charge in [-0.2, -0.15) is 0 Å². The van der Waals surface area contributed by atoms with Gasteiger partial charge in [-0.25, -0.2) is 9.38 Å². The molecule has 0 bridgehead atoms. The van der Waals surface area contributed by atoms with Gasteiger partial charge in [-0.05, 0) is 48.7 Å². The minimum Gasteiger partial charge on any atom is -0.497 e. The number of aliphatic hydroxyl groups is 1. The number of ether oxygens (including phenoxy) is 2. The molecule has 2 aromatic rings. The van der Waals surface area contributed by atoms with Crippen LogP contribution in [0.3, 0.4) is 0 Å². The highest BCUT2D eigenvalue weighted by Crippen LogP contribution is 2.12. The number of hydrogen-bond acceptors (Lipinski definition) is 4. The molecule has 6 nitrogen and oxygen atoms in total. The minimum absolute atomic E-state index is 0.273. The average molecular weight is 403 g/mol. The van der Waals surface area contributed by atoms with Gasteiger partial charge in [0.15, 0.2) is 5.96 Å². The van der Waals surface area contributed by atoms with E-state index in [0.717, 1.165) is 29.8 Å². The molecule has 7 heteroatoms. The van der Waals surface area contributed by atoms with E-state index in [-0.39, 0.29) is 12.2 Å². The average Bonchev–Trinajstić information content (AvgIpc) is 2.76. The summed E-state index contributed by atoms with van der Waals surface area (Å²) in [6.45, 7) is 4.73. The van der Waals surface area contributed by atoms with Crippen molar-refractivity contribution < 1.29 is 19.0 Å². The van der Waals surface area contributed by atoms with Crippen LogP contribution in [0.25, 0.3) is 0 Å². The fourth-order valence-corrected chi connectivity index (χ4v) is 2.65. The molecule has 0 unspecified atom stereocenters. The van der Waals surface area contributed by atoms with E-state index in [9.17, 15) is 9.50 Å². The lowest BCUT2D eigenvalue weighted by Gasteiger charge is -2.13. The van der Waals surface area contributed by atoms with E-state index in [2.05, 4.69) is 15.6 Å². The van der Waals surface area contributed by atoms with Crippen LogP contribution in [-0.2, 0) is 24.4 Å². The van der Waals surface area contributed by atoms with E-state index in [0.29, 0.717) is 32.3 Å². The van der Waals surface area contributed by atoms with E-state index in [1.165, 1.54) is 6.07 Å². The number of guanidine groups is 1. The van der Waals surface area contributed by atoms with Gasteiger partial charge in [-0.3, -0.25) is 0 Å². The molecule has 0 spiro atoms. The second-order valence-corrected chi connectivity index (χ2v) is 6.43. The molecule has 0 radical (unpaired) electrons. The summed E-state index contributed by atoms with van der Waals surface area (Å²) in [4.78, 5) is 4.59. The smallest absolute Gasteiger partial charge is 0.191 e. The number of rotatable bonds is 11. The third-order valence-electron chi connectivity index (χ3n) is 4.28. The highest BCUT2D eigenvalue weighted by molar-refractivity contribution is 5.79. The van der Waals surface area contributed by atoms with Crippen molar-refractivity contribution in [3.63, 3.8) is 0 Å².